The molecule has 588 valence electrons. The maximum absolute atomic E-state index is 7.69. The van der Waals surface area contributed by atoms with Gasteiger partial charge >= 0.3 is 0 Å². The number of fused-ring (bicyclic) bond motifs is 22. The minimum absolute atomic E-state index is 0.195. The summed E-state index contributed by atoms with van der Waals surface area (Å²) in [7, 11) is 0. The molecule has 15 aromatic rings. The van der Waals surface area contributed by atoms with Gasteiger partial charge in [0.05, 0.1) is 10.8 Å². The van der Waals surface area contributed by atoms with Gasteiger partial charge in [0.2, 0.25) is 0 Å². The van der Waals surface area contributed by atoms with Gasteiger partial charge in [0.15, 0.2) is 0 Å². The van der Waals surface area contributed by atoms with Crippen molar-refractivity contribution >= 4 is 60.9 Å². The van der Waals surface area contributed by atoms with Gasteiger partial charge in [-0.25, -0.2) is 0 Å². The van der Waals surface area contributed by atoms with Gasteiger partial charge in [0.25, 0.3) is 0 Å². The van der Waals surface area contributed by atoms with Gasteiger partial charge in [-0.1, -0.05) is 395 Å². The van der Waals surface area contributed by atoms with E-state index in [0.29, 0.717) is 0 Å². The largest absolute Gasteiger partial charge is 0.456 e. The molecule has 0 radical (unpaired) electrons. The van der Waals surface area contributed by atoms with E-state index in [1.165, 1.54) is 251 Å². The maximum Gasteiger partial charge on any atom is 0.144 e. The molecule has 3 nitrogen and oxygen atoms in total. The predicted molar refractivity (Wildman–Crippen MR) is 495 cm³/mol. The van der Waals surface area contributed by atoms with E-state index < -0.39 is 10.8 Å². The maximum atomic E-state index is 7.69. The average molecular weight is 1530 g/mol. The van der Waals surface area contributed by atoms with Crippen molar-refractivity contribution in [3.05, 3.63) is 351 Å². The van der Waals surface area contributed by atoms with Gasteiger partial charge in [-0.05, 0) is 203 Å². The predicted octanol–water partition coefficient (Wildman–Crippen LogP) is 33.0. The fourth-order valence-corrected chi connectivity index (χ4v) is 23.2. The van der Waals surface area contributed by atoms with E-state index in [9.17, 15) is 0 Å². The van der Waals surface area contributed by atoms with E-state index in [2.05, 4.69) is 332 Å². The number of hydrogen-bond acceptors (Lipinski definition) is 3. The van der Waals surface area contributed by atoms with Crippen LogP contribution in [0.5, 0.6) is 0 Å². The Morgan fingerprint density at radius 1 is 0.282 bits per heavy atom. The first-order valence-electron chi connectivity index (χ1n) is 45.2. The summed E-state index contributed by atoms with van der Waals surface area (Å²) >= 11 is 0. The van der Waals surface area contributed by atoms with Crippen LogP contribution >= 0.6 is 0 Å². The summed E-state index contributed by atoms with van der Waals surface area (Å²) in [6.45, 7) is 16.8. The molecule has 0 saturated carbocycles. The Morgan fingerprint density at radius 3 is 1.24 bits per heavy atom. The van der Waals surface area contributed by atoms with Crippen LogP contribution in [0.2, 0.25) is 0 Å². The molecule has 117 heavy (non-hydrogen) atoms. The third-order valence-electron chi connectivity index (χ3n) is 28.3. The van der Waals surface area contributed by atoms with Crippen molar-refractivity contribution in [2.75, 3.05) is 4.90 Å². The average Bonchev–Trinajstić information content (AvgIpc) is 1.50. The molecule has 0 bridgehead atoms. The first kappa shape index (κ1) is 76.2. The first-order chi connectivity index (χ1) is 57.5. The Balaban J connectivity index is 0.898. The summed E-state index contributed by atoms with van der Waals surface area (Å²) in [5.74, 6) is 0. The lowest BCUT2D eigenvalue weighted by Gasteiger charge is -2.40. The number of hydrogen-bond donors (Lipinski definition) is 0. The van der Waals surface area contributed by atoms with Crippen molar-refractivity contribution < 1.29 is 8.83 Å². The van der Waals surface area contributed by atoms with Crippen LogP contribution in [0.4, 0.5) is 17.1 Å². The summed E-state index contributed by atoms with van der Waals surface area (Å²) in [6, 6.07) is 109. The van der Waals surface area contributed by atoms with Gasteiger partial charge in [-0.15, -0.1) is 0 Å². The molecule has 13 aromatic carbocycles. The SMILES string of the molecule is CCCCCCCC1(CCCCCCC)c2ccccc2-c2c1c1c(c3c2oc2ccccc23)-c2ccc(N(c3ccc4c(c3)C(c3ccccc3)(c3ccccc3)c3cc5c(cc3-4)C(c3ccccc3)(c3ccccc3)c3ccc4oc6ccccc6c4c3-5)c3ccccc3C(C)(C)C)cc2C1(CCCCCCC)CCCCCCC. The number of rotatable bonds is 31. The molecule has 0 unspecified atom stereocenters. The number of furan rings is 2. The van der Waals surface area contributed by atoms with Crippen molar-refractivity contribution in [2.45, 2.75) is 230 Å². The van der Waals surface area contributed by atoms with Gasteiger partial charge < -0.3 is 13.7 Å². The molecule has 4 aliphatic carbocycles. The molecule has 0 spiro atoms. The van der Waals surface area contributed by atoms with Crippen LogP contribution in [0, 0.1) is 0 Å². The molecule has 0 amide bonds. The van der Waals surface area contributed by atoms with E-state index in [4.69, 9.17) is 8.83 Å². The number of unbranched alkanes of at least 4 members (excludes halogenated alkanes) is 16. The highest BCUT2D eigenvalue weighted by Crippen LogP contribution is 2.70. The molecule has 0 saturated heterocycles. The molecule has 4 aliphatic rings. The zero-order valence-corrected chi connectivity index (χ0v) is 70.3. The zero-order valence-electron chi connectivity index (χ0n) is 70.3. The van der Waals surface area contributed by atoms with Crippen molar-refractivity contribution in [1.29, 1.82) is 0 Å². The molecule has 3 heteroatoms. The van der Waals surface area contributed by atoms with Crippen molar-refractivity contribution in [3.63, 3.8) is 0 Å². The van der Waals surface area contributed by atoms with Crippen LogP contribution in [-0.4, -0.2) is 0 Å². The van der Waals surface area contributed by atoms with E-state index >= 15 is 0 Å². The van der Waals surface area contributed by atoms with E-state index in [0.717, 1.165) is 64.5 Å². The monoisotopic (exact) mass is 1530 g/mol. The highest BCUT2D eigenvalue weighted by molar-refractivity contribution is 6.21. The summed E-state index contributed by atoms with van der Waals surface area (Å²) in [4.78, 5) is 2.73. The second-order valence-corrected chi connectivity index (χ2v) is 36.1. The molecule has 0 fully saturated rings. The lowest BCUT2D eigenvalue weighted by atomic mass is 9.62. The van der Waals surface area contributed by atoms with Gasteiger partial charge in [-0.3, -0.25) is 0 Å². The Bertz CT molecular complexity index is 6030. The van der Waals surface area contributed by atoms with Crippen molar-refractivity contribution in [3.8, 4) is 44.5 Å². The zero-order chi connectivity index (χ0) is 79.5. The van der Waals surface area contributed by atoms with Gasteiger partial charge in [0, 0.05) is 55.0 Å². The van der Waals surface area contributed by atoms with Crippen LogP contribution in [0.3, 0.4) is 0 Å². The highest BCUT2D eigenvalue weighted by Gasteiger charge is 2.56. The van der Waals surface area contributed by atoms with Crippen LogP contribution in [0.25, 0.3) is 88.4 Å². The fourth-order valence-electron chi connectivity index (χ4n) is 23.2. The number of nitrogens with zero attached hydrogens (tertiary/aromatic N) is 1. The molecule has 0 N–H and O–H groups in total. The van der Waals surface area contributed by atoms with Crippen LogP contribution in [0.1, 0.15) is 275 Å². The second-order valence-electron chi connectivity index (χ2n) is 36.1. The number of para-hydroxylation sites is 3. The normalized spacial score (nSPS) is 14.7. The van der Waals surface area contributed by atoms with E-state index in [1.807, 2.05) is 0 Å². The van der Waals surface area contributed by atoms with E-state index in [1.54, 1.807) is 16.7 Å². The Kier molecular flexibility index (Phi) is 20.6. The van der Waals surface area contributed by atoms with Crippen molar-refractivity contribution in [1.82, 2.24) is 0 Å². The third-order valence-corrected chi connectivity index (χ3v) is 28.3. The van der Waals surface area contributed by atoms with Crippen LogP contribution in [-0.2, 0) is 27.1 Å². The Hall–Kier alpha value is -10.7. The van der Waals surface area contributed by atoms with Gasteiger partial charge in [0.1, 0.15) is 22.3 Å². The topological polar surface area (TPSA) is 29.5 Å². The standard InChI is InChI=1S/C114H115NO2/c1-8-12-16-20-44-70-111(71-45-21-17-13-9-2)91-59-39-36-56-85(91)106-108(111)107-104(105-88-58-38-43-63-100(88)117-109(105)106)86-67-65-82(74-94(86)112(107,72-46-22-18-14-10-3)73-47-23-19-15-11-4)115(98-61-41-40-60-92(98)110(5,6)7)83-64-66-84-89-76-97-90(77-96(89)114(95(84)75-83,80-52-32-26-33-53-80)81-54-34-27-35-55-81)102-93(68-69-101-103(102)87-57-37-42-62-99(87)116-101)113(97,78-48-28-24-29-49-78)79-50-30-25-31-51-79/h24-43,48-69,74-77H,8-23,44-47,70-73H2,1-7H3. The van der Waals surface area contributed by atoms with Crippen LogP contribution in [0.15, 0.2) is 288 Å². The summed E-state index contributed by atoms with van der Waals surface area (Å²) in [6.07, 6.45) is 29.3. The Morgan fingerprint density at radius 2 is 0.692 bits per heavy atom. The number of anilines is 3. The molecular weight excluding hydrogens is 1420 g/mol. The molecule has 0 atom stereocenters. The number of benzene rings is 13. The summed E-state index contributed by atoms with van der Waals surface area (Å²) < 4.78 is 14.6. The molecule has 2 heterocycles. The lowest BCUT2D eigenvalue weighted by molar-refractivity contribution is 0.369. The smallest absolute Gasteiger partial charge is 0.144 e. The summed E-state index contributed by atoms with van der Waals surface area (Å²) in [5.41, 5.74) is 33.6. The lowest BCUT2D eigenvalue weighted by Crippen LogP contribution is -2.33. The Labute approximate surface area is 695 Å². The molecular formula is C114H115NO2. The van der Waals surface area contributed by atoms with Crippen molar-refractivity contribution in [2.24, 2.45) is 0 Å². The molecule has 0 aliphatic heterocycles. The molecule has 2 aromatic heterocycles. The minimum Gasteiger partial charge on any atom is -0.456 e. The fraction of sp³-hybridized carbons (Fsp3) is 0.316. The summed E-state index contributed by atoms with van der Waals surface area (Å²) in [5, 5.41) is 4.85. The van der Waals surface area contributed by atoms with Crippen LogP contribution < -0.4 is 4.90 Å². The second kappa shape index (κ2) is 31.6. The molecule has 19 rings (SSSR count). The van der Waals surface area contributed by atoms with Gasteiger partial charge in [-0.2, -0.15) is 0 Å². The minimum atomic E-state index is -0.788. The first-order valence-corrected chi connectivity index (χ1v) is 45.2. The van der Waals surface area contributed by atoms with E-state index in [-0.39, 0.29) is 16.2 Å². The third kappa shape index (κ3) is 12.3. The quantitative estimate of drug-likeness (QED) is 0.0406. The highest BCUT2D eigenvalue weighted by atomic mass is 16.3.